The van der Waals surface area contributed by atoms with Gasteiger partial charge in [-0.2, -0.15) is 0 Å². The number of nitrogens with zero attached hydrogens (tertiary/aromatic N) is 1. The Labute approximate surface area is 116 Å². The summed E-state index contributed by atoms with van der Waals surface area (Å²) in [4.78, 5) is 4.18. The van der Waals surface area contributed by atoms with E-state index in [2.05, 4.69) is 4.98 Å². The molecule has 1 heterocycles. The minimum Gasteiger partial charge on any atom is -0.487 e. The third-order valence-corrected chi connectivity index (χ3v) is 3.45. The summed E-state index contributed by atoms with van der Waals surface area (Å²) in [5, 5.41) is 2.67. The highest BCUT2D eigenvalue weighted by molar-refractivity contribution is 7.07. The van der Waals surface area contributed by atoms with Crippen LogP contribution in [0.2, 0.25) is 5.02 Å². The smallest absolute Gasteiger partial charge is 0.131 e. The molecular formula is C13H15ClN2OS. The molecule has 0 saturated carbocycles. The maximum absolute atomic E-state index is 6.18. The lowest BCUT2D eigenvalue weighted by molar-refractivity contribution is 0.298. The van der Waals surface area contributed by atoms with Gasteiger partial charge in [0.2, 0.25) is 0 Å². The van der Waals surface area contributed by atoms with Crippen LogP contribution in [0.1, 0.15) is 18.2 Å². The molecule has 0 bridgehead atoms. The third-order valence-electron chi connectivity index (χ3n) is 2.46. The van der Waals surface area contributed by atoms with Crippen molar-refractivity contribution >= 4 is 22.9 Å². The Balaban J connectivity index is 2.13. The second-order valence-electron chi connectivity index (χ2n) is 4.17. The molecule has 0 aliphatic rings. The van der Waals surface area contributed by atoms with Crippen LogP contribution in [0, 0.1) is 0 Å². The Kier molecular flexibility index (Phi) is 4.58. The standard InChI is InChI=1S/C13H15ClN2OS/c1-9(15)5-11-12(14)3-2-4-13(11)17-6-10-7-18-8-16-10/h2-4,7-9H,5-6,15H2,1H3. The van der Waals surface area contributed by atoms with Crippen molar-refractivity contribution < 1.29 is 4.74 Å². The van der Waals surface area contributed by atoms with Gasteiger partial charge in [-0.3, -0.25) is 0 Å². The number of hydrogen-bond acceptors (Lipinski definition) is 4. The average molecular weight is 283 g/mol. The van der Waals surface area contributed by atoms with Gasteiger partial charge in [0, 0.05) is 22.0 Å². The van der Waals surface area contributed by atoms with Crippen LogP contribution in [-0.2, 0) is 13.0 Å². The number of ether oxygens (including phenoxy) is 1. The first-order valence-electron chi connectivity index (χ1n) is 5.69. The lowest BCUT2D eigenvalue weighted by Crippen LogP contribution is -2.18. The summed E-state index contributed by atoms with van der Waals surface area (Å²) in [5.41, 5.74) is 9.50. The van der Waals surface area contributed by atoms with Crippen LogP contribution < -0.4 is 10.5 Å². The van der Waals surface area contributed by atoms with E-state index in [0.717, 1.165) is 17.0 Å². The zero-order valence-corrected chi connectivity index (χ0v) is 11.7. The van der Waals surface area contributed by atoms with Crippen molar-refractivity contribution in [1.29, 1.82) is 0 Å². The first-order valence-corrected chi connectivity index (χ1v) is 7.01. The van der Waals surface area contributed by atoms with Gasteiger partial charge in [0.15, 0.2) is 0 Å². The molecule has 0 spiro atoms. The molecule has 18 heavy (non-hydrogen) atoms. The zero-order valence-electron chi connectivity index (χ0n) is 10.1. The largest absolute Gasteiger partial charge is 0.487 e. The predicted octanol–water partition coefficient (Wildman–Crippen LogP) is 3.27. The Morgan fingerprint density at radius 1 is 1.50 bits per heavy atom. The van der Waals surface area contributed by atoms with E-state index in [0.29, 0.717) is 18.1 Å². The summed E-state index contributed by atoms with van der Waals surface area (Å²) in [6.07, 6.45) is 0.700. The van der Waals surface area contributed by atoms with Crippen LogP contribution in [0.25, 0.3) is 0 Å². The minimum absolute atomic E-state index is 0.0477. The van der Waals surface area contributed by atoms with Crippen LogP contribution in [0.4, 0.5) is 0 Å². The second kappa shape index (κ2) is 6.18. The second-order valence-corrected chi connectivity index (χ2v) is 5.29. The van der Waals surface area contributed by atoms with Crippen molar-refractivity contribution in [3.8, 4) is 5.75 Å². The lowest BCUT2D eigenvalue weighted by atomic mass is 10.1. The molecule has 0 fully saturated rings. The molecular weight excluding hydrogens is 268 g/mol. The van der Waals surface area contributed by atoms with E-state index >= 15 is 0 Å². The van der Waals surface area contributed by atoms with E-state index in [1.807, 2.05) is 30.5 Å². The number of hydrogen-bond donors (Lipinski definition) is 1. The molecule has 1 atom stereocenters. The van der Waals surface area contributed by atoms with Gasteiger partial charge in [-0.1, -0.05) is 17.7 Å². The number of rotatable bonds is 5. The summed E-state index contributed by atoms with van der Waals surface area (Å²) >= 11 is 7.74. The van der Waals surface area contributed by atoms with E-state index in [-0.39, 0.29) is 6.04 Å². The van der Waals surface area contributed by atoms with Crippen LogP contribution in [0.15, 0.2) is 29.1 Å². The first kappa shape index (κ1) is 13.3. The highest BCUT2D eigenvalue weighted by Gasteiger charge is 2.10. The molecule has 1 aromatic carbocycles. The summed E-state index contributed by atoms with van der Waals surface area (Å²) in [7, 11) is 0. The van der Waals surface area contributed by atoms with Crippen LogP contribution >= 0.6 is 22.9 Å². The van der Waals surface area contributed by atoms with Gasteiger partial charge in [-0.15, -0.1) is 11.3 Å². The van der Waals surface area contributed by atoms with Gasteiger partial charge in [0.1, 0.15) is 12.4 Å². The fourth-order valence-corrected chi connectivity index (χ4v) is 2.44. The van der Waals surface area contributed by atoms with Gasteiger partial charge >= 0.3 is 0 Å². The number of thiazole rings is 1. The van der Waals surface area contributed by atoms with E-state index < -0.39 is 0 Å². The maximum atomic E-state index is 6.18. The van der Waals surface area contributed by atoms with Gasteiger partial charge in [-0.25, -0.2) is 4.98 Å². The van der Waals surface area contributed by atoms with Crippen molar-refractivity contribution in [3.63, 3.8) is 0 Å². The Morgan fingerprint density at radius 2 is 2.33 bits per heavy atom. The Bertz CT molecular complexity index is 500. The molecule has 0 radical (unpaired) electrons. The molecule has 0 aliphatic carbocycles. The number of halogens is 1. The topological polar surface area (TPSA) is 48.1 Å². The molecule has 3 nitrogen and oxygen atoms in total. The van der Waals surface area contributed by atoms with Crippen LogP contribution in [0.3, 0.4) is 0 Å². The fourth-order valence-electron chi connectivity index (χ4n) is 1.65. The highest BCUT2D eigenvalue weighted by atomic mass is 35.5. The molecule has 5 heteroatoms. The molecule has 2 N–H and O–H groups in total. The summed E-state index contributed by atoms with van der Waals surface area (Å²) in [6, 6.07) is 5.69. The molecule has 2 aromatic rings. The van der Waals surface area contributed by atoms with Gasteiger partial charge in [0.25, 0.3) is 0 Å². The molecule has 0 amide bonds. The summed E-state index contributed by atoms with van der Waals surface area (Å²) < 4.78 is 5.77. The van der Waals surface area contributed by atoms with Gasteiger partial charge in [-0.05, 0) is 25.5 Å². The van der Waals surface area contributed by atoms with E-state index in [1.165, 1.54) is 0 Å². The molecule has 96 valence electrons. The molecule has 1 aromatic heterocycles. The quantitative estimate of drug-likeness (QED) is 0.916. The summed E-state index contributed by atoms with van der Waals surface area (Å²) in [6.45, 7) is 2.41. The fraction of sp³-hybridized carbons (Fsp3) is 0.308. The monoisotopic (exact) mass is 282 g/mol. The normalized spacial score (nSPS) is 12.4. The third kappa shape index (κ3) is 3.45. The van der Waals surface area contributed by atoms with Crippen molar-refractivity contribution in [1.82, 2.24) is 4.98 Å². The predicted molar refractivity (Wildman–Crippen MR) is 75.3 cm³/mol. The van der Waals surface area contributed by atoms with Crippen LogP contribution in [-0.4, -0.2) is 11.0 Å². The molecule has 2 rings (SSSR count). The van der Waals surface area contributed by atoms with E-state index in [9.17, 15) is 0 Å². The highest BCUT2D eigenvalue weighted by Crippen LogP contribution is 2.28. The Morgan fingerprint density at radius 3 is 3.00 bits per heavy atom. The van der Waals surface area contributed by atoms with Crippen molar-refractivity contribution in [2.75, 3.05) is 0 Å². The van der Waals surface area contributed by atoms with E-state index in [1.54, 1.807) is 16.8 Å². The number of benzene rings is 1. The molecule has 0 saturated heterocycles. The lowest BCUT2D eigenvalue weighted by Gasteiger charge is -2.14. The number of aromatic nitrogens is 1. The van der Waals surface area contributed by atoms with E-state index in [4.69, 9.17) is 22.1 Å². The average Bonchev–Trinajstić information content (AvgIpc) is 2.82. The summed E-state index contributed by atoms with van der Waals surface area (Å²) in [5.74, 6) is 0.785. The SMILES string of the molecule is CC(N)Cc1c(Cl)cccc1OCc1cscn1. The van der Waals surface area contributed by atoms with Crippen molar-refractivity contribution in [2.24, 2.45) is 5.73 Å². The minimum atomic E-state index is 0.0477. The van der Waals surface area contributed by atoms with Gasteiger partial charge in [0.05, 0.1) is 11.2 Å². The zero-order chi connectivity index (χ0) is 13.0. The van der Waals surface area contributed by atoms with Crippen molar-refractivity contribution in [2.45, 2.75) is 26.0 Å². The molecule has 1 unspecified atom stereocenters. The van der Waals surface area contributed by atoms with Crippen molar-refractivity contribution in [3.05, 3.63) is 45.4 Å². The van der Waals surface area contributed by atoms with Gasteiger partial charge < -0.3 is 10.5 Å². The maximum Gasteiger partial charge on any atom is 0.131 e. The first-order chi connectivity index (χ1) is 8.66. The Hall–Kier alpha value is -1.10. The number of nitrogens with two attached hydrogens (primary N) is 1. The molecule has 0 aliphatic heterocycles. The van der Waals surface area contributed by atoms with Crippen LogP contribution in [0.5, 0.6) is 5.75 Å².